The highest BCUT2D eigenvalue weighted by molar-refractivity contribution is 5.23. The fraction of sp³-hybridized carbons (Fsp3) is 0.154. The lowest BCUT2D eigenvalue weighted by Crippen LogP contribution is -2.01. The summed E-state index contributed by atoms with van der Waals surface area (Å²) in [5.41, 5.74) is 7.24. The molecule has 0 aliphatic heterocycles. The molecule has 1 aromatic heterocycles. The summed E-state index contributed by atoms with van der Waals surface area (Å²) >= 11 is 0. The van der Waals surface area contributed by atoms with E-state index in [-0.39, 0.29) is 5.82 Å². The van der Waals surface area contributed by atoms with E-state index >= 15 is 0 Å². The summed E-state index contributed by atoms with van der Waals surface area (Å²) < 4.78 is 18.1. The molecule has 0 unspecified atom stereocenters. The van der Waals surface area contributed by atoms with Crippen molar-refractivity contribution in [2.75, 3.05) is 0 Å². The third kappa shape index (κ3) is 3.26. The Morgan fingerprint density at radius 1 is 1.12 bits per heavy atom. The number of hydrogen-bond acceptors (Lipinski definition) is 3. The van der Waals surface area contributed by atoms with E-state index in [0.29, 0.717) is 18.9 Å². The van der Waals surface area contributed by atoms with Gasteiger partial charge in [0.1, 0.15) is 18.2 Å². The average molecular weight is 232 g/mol. The highest BCUT2D eigenvalue weighted by Crippen LogP contribution is 2.13. The van der Waals surface area contributed by atoms with Crippen LogP contribution >= 0.6 is 0 Å². The van der Waals surface area contributed by atoms with Gasteiger partial charge in [-0.05, 0) is 30.3 Å². The minimum Gasteiger partial charge on any atom is -0.489 e. The smallest absolute Gasteiger partial charge is 0.123 e. The number of ether oxygens (including phenoxy) is 1. The zero-order valence-electron chi connectivity index (χ0n) is 9.27. The van der Waals surface area contributed by atoms with Crippen molar-refractivity contribution in [2.45, 2.75) is 13.2 Å². The molecule has 2 rings (SSSR count). The van der Waals surface area contributed by atoms with Gasteiger partial charge in [0, 0.05) is 18.3 Å². The molecule has 1 aromatic carbocycles. The molecule has 3 nitrogen and oxygen atoms in total. The van der Waals surface area contributed by atoms with Gasteiger partial charge < -0.3 is 10.5 Å². The highest BCUT2D eigenvalue weighted by Gasteiger charge is 1.97. The molecule has 0 spiro atoms. The summed E-state index contributed by atoms with van der Waals surface area (Å²) in [7, 11) is 0. The van der Waals surface area contributed by atoms with Gasteiger partial charge >= 0.3 is 0 Å². The lowest BCUT2D eigenvalue weighted by Gasteiger charge is -2.06. The Balaban J connectivity index is 1.95. The maximum Gasteiger partial charge on any atom is 0.123 e. The van der Waals surface area contributed by atoms with Crippen molar-refractivity contribution in [1.29, 1.82) is 0 Å². The van der Waals surface area contributed by atoms with Crippen molar-refractivity contribution in [3.05, 3.63) is 59.7 Å². The first-order valence-electron chi connectivity index (χ1n) is 5.30. The molecular formula is C13H13FN2O. The summed E-state index contributed by atoms with van der Waals surface area (Å²) in [5, 5.41) is 0. The summed E-state index contributed by atoms with van der Waals surface area (Å²) in [6, 6.07) is 9.70. The summed E-state index contributed by atoms with van der Waals surface area (Å²) in [6.07, 6.45) is 1.73. The van der Waals surface area contributed by atoms with Crippen LogP contribution in [0.25, 0.3) is 0 Å². The number of nitrogens with zero attached hydrogens (tertiary/aromatic N) is 1. The number of benzene rings is 1. The van der Waals surface area contributed by atoms with Crippen LogP contribution in [0.5, 0.6) is 5.75 Å². The quantitative estimate of drug-likeness (QED) is 0.879. The Morgan fingerprint density at radius 3 is 2.47 bits per heavy atom. The largest absolute Gasteiger partial charge is 0.489 e. The van der Waals surface area contributed by atoms with E-state index in [9.17, 15) is 4.39 Å². The third-order valence-corrected chi connectivity index (χ3v) is 2.31. The predicted octanol–water partition coefficient (Wildman–Crippen LogP) is 2.26. The van der Waals surface area contributed by atoms with Crippen molar-refractivity contribution < 1.29 is 9.13 Å². The molecular weight excluding hydrogens is 219 g/mol. The van der Waals surface area contributed by atoms with Crippen molar-refractivity contribution in [3.63, 3.8) is 0 Å². The first-order valence-corrected chi connectivity index (χ1v) is 5.30. The first kappa shape index (κ1) is 11.5. The van der Waals surface area contributed by atoms with E-state index in [2.05, 4.69) is 4.98 Å². The van der Waals surface area contributed by atoms with Crippen LogP contribution in [0.4, 0.5) is 4.39 Å². The predicted molar refractivity (Wildman–Crippen MR) is 62.9 cm³/mol. The fourth-order valence-corrected chi connectivity index (χ4v) is 1.36. The Morgan fingerprint density at radius 2 is 1.88 bits per heavy atom. The molecule has 0 saturated heterocycles. The zero-order chi connectivity index (χ0) is 12.1. The number of nitrogens with two attached hydrogens (primary N) is 1. The molecule has 0 aliphatic rings. The third-order valence-electron chi connectivity index (χ3n) is 2.31. The number of halogens is 1. The van der Waals surface area contributed by atoms with Crippen LogP contribution in [0.15, 0.2) is 42.6 Å². The Kier molecular flexibility index (Phi) is 3.67. The number of rotatable bonds is 4. The van der Waals surface area contributed by atoms with Gasteiger partial charge in [0.25, 0.3) is 0 Å². The van der Waals surface area contributed by atoms with E-state index in [1.807, 2.05) is 12.1 Å². The van der Waals surface area contributed by atoms with Crippen molar-refractivity contribution >= 4 is 0 Å². The van der Waals surface area contributed by atoms with E-state index in [4.69, 9.17) is 10.5 Å². The minimum atomic E-state index is -0.272. The topological polar surface area (TPSA) is 48.1 Å². The van der Waals surface area contributed by atoms with Crippen LogP contribution in [0.1, 0.15) is 11.3 Å². The molecule has 2 aromatic rings. The van der Waals surface area contributed by atoms with Crippen molar-refractivity contribution in [3.8, 4) is 5.75 Å². The molecule has 2 N–H and O–H groups in total. The minimum absolute atomic E-state index is 0.272. The maximum atomic E-state index is 12.7. The molecule has 0 amide bonds. The van der Waals surface area contributed by atoms with Crippen molar-refractivity contribution in [1.82, 2.24) is 4.98 Å². The Labute approximate surface area is 99.1 Å². The van der Waals surface area contributed by atoms with Gasteiger partial charge in [-0.3, -0.25) is 4.98 Å². The van der Waals surface area contributed by atoms with Crippen LogP contribution in [0.2, 0.25) is 0 Å². The normalized spacial score (nSPS) is 10.2. The maximum absolute atomic E-state index is 12.7. The van der Waals surface area contributed by atoms with Gasteiger partial charge in [-0.2, -0.15) is 0 Å². The molecule has 0 saturated carbocycles. The zero-order valence-corrected chi connectivity index (χ0v) is 9.27. The molecule has 0 bridgehead atoms. The first-order chi connectivity index (χ1) is 8.28. The van der Waals surface area contributed by atoms with Crippen LogP contribution < -0.4 is 10.5 Å². The second-order valence-corrected chi connectivity index (χ2v) is 3.60. The lowest BCUT2D eigenvalue weighted by molar-refractivity contribution is 0.305. The van der Waals surface area contributed by atoms with E-state index in [1.54, 1.807) is 18.3 Å². The van der Waals surface area contributed by atoms with Crippen LogP contribution in [-0.2, 0) is 13.2 Å². The molecule has 0 aliphatic carbocycles. The van der Waals surface area contributed by atoms with Gasteiger partial charge in [0.2, 0.25) is 0 Å². The molecule has 1 heterocycles. The average Bonchev–Trinajstić information content (AvgIpc) is 2.39. The summed E-state index contributed by atoms with van der Waals surface area (Å²) in [5.74, 6) is 0.362. The van der Waals surface area contributed by atoms with E-state index < -0.39 is 0 Å². The Bertz CT molecular complexity index is 468. The number of aromatic nitrogens is 1. The van der Waals surface area contributed by atoms with Gasteiger partial charge in [-0.25, -0.2) is 4.39 Å². The monoisotopic (exact) mass is 232 g/mol. The summed E-state index contributed by atoms with van der Waals surface area (Å²) in [6.45, 7) is 0.836. The Hall–Kier alpha value is -1.94. The molecule has 0 radical (unpaired) electrons. The molecule has 0 atom stereocenters. The van der Waals surface area contributed by atoms with Gasteiger partial charge in [-0.15, -0.1) is 0 Å². The van der Waals surface area contributed by atoms with Crippen molar-refractivity contribution in [2.24, 2.45) is 5.73 Å². The molecule has 17 heavy (non-hydrogen) atoms. The second-order valence-electron chi connectivity index (χ2n) is 3.60. The fourth-order valence-electron chi connectivity index (χ4n) is 1.36. The molecule has 88 valence electrons. The standard InChI is InChI=1S/C13H13FN2O/c14-11-2-5-13(6-3-11)17-9-10-1-4-12(7-15)16-8-10/h1-6,8H,7,9,15H2. The van der Waals surface area contributed by atoms with Crippen LogP contribution in [0.3, 0.4) is 0 Å². The SMILES string of the molecule is NCc1ccc(COc2ccc(F)cc2)cn1. The van der Waals surface area contributed by atoms with E-state index in [0.717, 1.165) is 11.3 Å². The van der Waals surface area contributed by atoms with E-state index in [1.165, 1.54) is 12.1 Å². The van der Waals surface area contributed by atoms with Crippen LogP contribution in [0, 0.1) is 5.82 Å². The van der Waals surface area contributed by atoms with Gasteiger partial charge in [0.05, 0.1) is 5.69 Å². The second kappa shape index (κ2) is 5.41. The molecule has 4 heteroatoms. The highest BCUT2D eigenvalue weighted by atomic mass is 19.1. The number of pyridine rings is 1. The van der Waals surface area contributed by atoms with Gasteiger partial charge in [0.15, 0.2) is 0 Å². The molecule has 0 fully saturated rings. The van der Waals surface area contributed by atoms with Gasteiger partial charge in [-0.1, -0.05) is 6.07 Å². The summed E-state index contributed by atoms with van der Waals surface area (Å²) in [4.78, 5) is 4.16. The van der Waals surface area contributed by atoms with Crippen LogP contribution in [-0.4, -0.2) is 4.98 Å². The number of hydrogen-bond donors (Lipinski definition) is 1. The lowest BCUT2D eigenvalue weighted by atomic mass is 10.2.